The van der Waals surface area contributed by atoms with Crippen molar-refractivity contribution in [2.75, 3.05) is 25.5 Å². The number of ether oxygens (including phenoxy) is 1. The Morgan fingerprint density at radius 1 is 1.24 bits per heavy atom. The molecule has 0 unspecified atom stereocenters. The van der Waals surface area contributed by atoms with Crippen LogP contribution in [0.2, 0.25) is 0 Å². The number of methoxy groups -OCH3 is 1. The highest BCUT2D eigenvalue weighted by Gasteiger charge is 2.32. The summed E-state index contributed by atoms with van der Waals surface area (Å²) in [6.07, 6.45) is 0.381. The molecule has 1 aliphatic heterocycles. The summed E-state index contributed by atoms with van der Waals surface area (Å²) in [4.78, 5) is 47.5. The van der Waals surface area contributed by atoms with Gasteiger partial charge in [-0.2, -0.15) is 0 Å². The van der Waals surface area contributed by atoms with Crippen molar-refractivity contribution in [2.24, 2.45) is 0 Å². The summed E-state index contributed by atoms with van der Waals surface area (Å²) in [6.45, 7) is 0.569. The standard InChI is InChI=1S/C21H19N3O8S/c1-31-10-2-3-13-9(6-10)7-14(32-13)17(25)23-8-12-16-11(4-5-22-12)15(20(27)28)19(33-16)24-18(26)21(29)30/h2-3,6-7,12,22H,4-5,8H2,1H3,(H,23,25)(H,24,26)(H,27,28)(H,29,30)/t12-/m0/s1. The number of amides is 2. The number of carbonyl (C=O) groups is 4. The Bertz CT molecular complexity index is 1280. The largest absolute Gasteiger partial charge is 0.497 e. The average molecular weight is 473 g/mol. The number of carboxylic acid groups (broad SMARTS) is 2. The van der Waals surface area contributed by atoms with E-state index >= 15 is 0 Å². The number of anilines is 1. The van der Waals surface area contributed by atoms with Crippen molar-refractivity contribution in [3.05, 3.63) is 46.0 Å². The van der Waals surface area contributed by atoms with Gasteiger partial charge in [-0.3, -0.25) is 9.59 Å². The van der Waals surface area contributed by atoms with E-state index in [1.807, 2.05) is 0 Å². The molecule has 5 N–H and O–H groups in total. The van der Waals surface area contributed by atoms with Gasteiger partial charge < -0.3 is 35.3 Å². The Kier molecular flexibility index (Phi) is 6.03. The third kappa shape index (κ3) is 4.38. The molecule has 1 aromatic carbocycles. The fourth-order valence-electron chi connectivity index (χ4n) is 3.65. The third-order valence-corrected chi connectivity index (χ3v) is 6.43. The highest BCUT2D eigenvalue weighted by atomic mass is 32.1. The lowest BCUT2D eigenvalue weighted by Crippen LogP contribution is -2.38. The topological polar surface area (TPSA) is 167 Å². The van der Waals surface area contributed by atoms with Crippen LogP contribution in [0.4, 0.5) is 5.00 Å². The van der Waals surface area contributed by atoms with Crippen LogP contribution in [-0.2, 0) is 16.0 Å². The first-order valence-electron chi connectivity index (χ1n) is 9.80. The molecule has 1 atom stereocenters. The van der Waals surface area contributed by atoms with E-state index in [0.29, 0.717) is 40.1 Å². The molecule has 172 valence electrons. The number of hydrogen-bond donors (Lipinski definition) is 5. The van der Waals surface area contributed by atoms with Gasteiger partial charge in [-0.1, -0.05) is 0 Å². The number of aromatic carboxylic acids is 1. The van der Waals surface area contributed by atoms with Gasteiger partial charge >= 0.3 is 17.8 Å². The van der Waals surface area contributed by atoms with Gasteiger partial charge in [-0.25, -0.2) is 9.59 Å². The van der Waals surface area contributed by atoms with Crippen LogP contribution in [0.5, 0.6) is 5.75 Å². The Labute approximate surface area is 190 Å². The third-order valence-electron chi connectivity index (χ3n) is 5.17. The molecular formula is C21H19N3O8S. The monoisotopic (exact) mass is 473 g/mol. The Morgan fingerprint density at radius 2 is 2.03 bits per heavy atom. The normalized spacial score (nSPS) is 15.0. The van der Waals surface area contributed by atoms with Gasteiger partial charge in [0.2, 0.25) is 0 Å². The minimum atomic E-state index is -1.72. The van der Waals surface area contributed by atoms with Crippen LogP contribution in [0.3, 0.4) is 0 Å². The van der Waals surface area contributed by atoms with Crippen molar-refractivity contribution in [3.63, 3.8) is 0 Å². The van der Waals surface area contributed by atoms with Crippen molar-refractivity contribution in [1.29, 1.82) is 0 Å². The molecular weight excluding hydrogens is 454 g/mol. The first-order chi connectivity index (χ1) is 15.8. The van der Waals surface area contributed by atoms with Crippen molar-refractivity contribution in [2.45, 2.75) is 12.5 Å². The van der Waals surface area contributed by atoms with Gasteiger partial charge in [0.25, 0.3) is 5.91 Å². The van der Waals surface area contributed by atoms with E-state index in [9.17, 15) is 24.3 Å². The number of rotatable bonds is 6. The molecule has 2 amide bonds. The molecule has 1 aliphatic rings. The van der Waals surface area contributed by atoms with Crippen LogP contribution < -0.4 is 20.7 Å². The van der Waals surface area contributed by atoms with Gasteiger partial charge in [0.15, 0.2) is 5.76 Å². The molecule has 0 bridgehead atoms. The molecule has 0 saturated heterocycles. The summed E-state index contributed by atoms with van der Waals surface area (Å²) < 4.78 is 10.8. The first kappa shape index (κ1) is 22.3. The van der Waals surface area contributed by atoms with Gasteiger partial charge in [-0.05, 0) is 42.8 Å². The van der Waals surface area contributed by atoms with E-state index in [1.165, 1.54) is 0 Å². The second kappa shape index (κ2) is 8.92. The van der Waals surface area contributed by atoms with E-state index in [-0.39, 0.29) is 22.9 Å². The van der Waals surface area contributed by atoms with Crippen LogP contribution in [-0.4, -0.2) is 54.2 Å². The van der Waals surface area contributed by atoms with E-state index in [4.69, 9.17) is 14.3 Å². The zero-order valence-corrected chi connectivity index (χ0v) is 18.1. The Hall–Kier alpha value is -3.90. The number of carbonyl (C=O) groups excluding carboxylic acids is 2. The van der Waals surface area contributed by atoms with E-state index < -0.39 is 29.8 Å². The lowest BCUT2D eigenvalue weighted by Gasteiger charge is -2.24. The van der Waals surface area contributed by atoms with E-state index in [2.05, 4.69) is 16.0 Å². The van der Waals surface area contributed by atoms with Crippen LogP contribution in [0.25, 0.3) is 11.0 Å². The molecule has 2 aromatic heterocycles. The first-order valence-corrected chi connectivity index (χ1v) is 10.6. The smallest absolute Gasteiger partial charge is 0.394 e. The number of fused-ring (bicyclic) bond motifs is 2. The molecule has 0 radical (unpaired) electrons. The van der Waals surface area contributed by atoms with E-state index in [0.717, 1.165) is 11.3 Å². The number of aliphatic carboxylic acids is 1. The number of furan rings is 1. The Balaban J connectivity index is 1.53. The lowest BCUT2D eigenvalue weighted by molar-refractivity contribution is -0.147. The molecule has 0 saturated carbocycles. The predicted molar refractivity (Wildman–Crippen MR) is 117 cm³/mol. The zero-order valence-electron chi connectivity index (χ0n) is 17.3. The molecule has 33 heavy (non-hydrogen) atoms. The molecule has 12 heteroatoms. The predicted octanol–water partition coefficient (Wildman–Crippen LogP) is 1.84. The maximum atomic E-state index is 12.6. The van der Waals surface area contributed by atoms with Gasteiger partial charge in [-0.15, -0.1) is 11.3 Å². The average Bonchev–Trinajstić information content (AvgIpc) is 3.38. The van der Waals surface area contributed by atoms with Crippen LogP contribution in [0, 0.1) is 0 Å². The molecule has 4 rings (SSSR count). The van der Waals surface area contributed by atoms with Gasteiger partial charge in [0.1, 0.15) is 16.3 Å². The fraction of sp³-hybridized carbons (Fsp3) is 0.238. The molecule has 11 nitrogen and oxygen atoms in total. The number of hydrogen-bond acceptors (Lipinski definition) is 8. The zero-order chi connectivity index (χ0) is 23.7. The molecule has 0 fully saturated rings. The highest BCUT2D eigenvalue weighted by Crippen LogP contribution is 2.39. The van der Waals surface area contributed by atoms with Crippen molar-refractivity contribution < 1.29 is 38.5 Å². The second-order valence-electron chi connectivity index (χ2n) is 7.19. The quantitative estimate of drug-likeness (QED) is 0.336. The minimum Gasteiger partial charge on any atom is -0.497 e. The van der Waals surface area contributed by atoms with Crippen molar-refractivity contribution >= 4 is 51.1 Å². The summed E-state index contributed by atoms with van der Waals surface area (Å²) in [7, 11) is 1.54. The van der Waals surface area contributed by atoms with Gasteiger partial charge in [0.05, 0.1) is 18.7 Å². The van der Waals surface area contributed by atoms with Gasteiger partial charge in [0, 0.05) is 16.8 Å². The SMILES string of the molecule is COc1ccc2oc(C(=O)NC[C@@H]3NCCc4c3sc(NC(=O)C(=O)O)c4C(=O)O)cc2c1. The van der Waals surface area contributed by atoms with Crippen LogP contribution in [0.1, 0.15) is 37.4 Å². The number of benzene rings is 1. The minimum absolute atomic E-state index is 0.0499. The Morgan fingerprint density at radius 3 is 2.73 bits per heavy atom. The van der Waals surface area contributed by atoms with Crippen LogP contribution >= 0.6 is 11.3 Å². The van der Waals surface area contributed by atoms with Crippen LogP contribution in [0.15, 0.2) is 28.7 Å². The fourth-order valence-corrected chi connectivity index (χ4v) is 4.97. The van der Waals surface area contributed by atoms with Crippen molar-refractivity contribution in [3.8, 4) is 5.75 Å². The number of thiophene rings is 1. The molecule has 3 aromatic rings. The maximum Gasteiger partial charge on any atom is 0.394 e. The second-order valence-corrected chi connectivity index (χ2v) is 8.25. The molecule has 0 aliphatic carbocycles. The summed E-state index contributed by atoms with van der Waals surface area (Å²) in [5, 5.41) is 27.2. The summed E-state index contributed by atoms with van der Waals surface area (Å²) in [6, 6.07) is 6.34. The number of carboxylic acids is 2. The summed E-state index contributed by atoms with van der Waals surface area (Å²) >= 11 is 0.972. The summed E-state index contributed by atoms with van der Waals surface area (Å²) in [5.74, 6) is -4.02. The molecule has 3 heterocycles. The number of nitrogens with one attached hydrogen (secondary N) is 3. The maximum absolute atomic E-state index is 12.6. The van der Waals surface area contributed by atoms with Crippen molar-refractivity contribution in [1.82, 2.24) is 10.6 Å². The lowest BCUT2D eigenvalue weighted by atomic mass is 9.99. The summed E-state index contributed by atoms with van der Waals surface area (Å²) in [5.41, 5.74) is 0.901. The van der Waals surface area contributed by atoms with E-state index in [1.54, 1.807) is 31.4 Å². The highest BCUT2D eigenvalue weighted by molar-refractivity contribution is 7.17. The molecule has 0 spiro atoms.